The van der Waals surface area contributed by atoms with Gasteiger partial charge in [-0.15, -0.1) is 0 Å². The number of methoxy groups -OCH3 is 1. The van der Waals surface area contributed by atoms with Gasteiger partial charge in [0.1, 0.15) is 12.3 Å². The van der Waals surface area contributed by atoms with Gasteiger partial charge >= 0.3 is 0 Å². The van der Waals surface area contributed by atoms with Crippen molar-refractivity contribution < 1.29 is 22.7 Å². The molecule has 1 N–H and O–H groups in total. The standard InChI is InChI=1S/C25H31N3O5S/c1-33-21-11-9-20(10-12-21)26-24(29)18-28-23-14-13-22(17-19(23)7-6-8-25(28)30)34(31,32)27-15-4-2-3-5-16-27/h9-14,17H,2-8,15-16,18H2,1H3,(H,26,29). The highest BCUT2D eigenvalue weighted by Crippen LogP contribution is 2.31. The molecule has 0 aromatic heterocycles. The summed E-state index contributed by atoms with van der Waals surface area (Å²) in [6.07, 6.45) is 5.33. The summed E-state index contributed by atoms with van der Waals surface area (Å²) in [5.41, 5.74) is 1.98. The van der Waals surface area contributed by atoms with E-state index in [4.69, 9.17) is 4.74 Å². The molecular formula is C25H31N3O5S. The molecular weight excluding hydrogens is 454 g/mol. The van der Waals surface area contributed by atoms with Gasteiger partial charge in [0, 0.05) is 30.9 Å². The molecule has 182 valence electrons. The Bertz CT molecular complexity index is 1140. The van der Waals surface area contributed by atoms with Crippen LogP contribution in [0.1, 0.15) is 44.1 Å². The minimum Gasteiger partial charge on any atom is -0.497 e. The Morgan fingerprint density at radius 1 is 0.971 bits per heavy atom. The number of amides is 2. The van der Waals surface area contributed by atoms with Crippen molar-refractivity contribution in [2.24, 2.45) is 0 Å². The Labute approximate surface area is 200 Å². The minimum absolute atomic E-state index is 0.143. The first-order valence-corrected chi connectivity index (χ1v) is 13.2. The van der Waals surface area contributed by atoms with Crippen molar-refractivity contribution in [3.63, 3.8) is 0 Å². The zero-order valence-corrected chi connectivity index (χ0v) is 20.3. The van der Waals surface area contributed by atoms with E-state index >= 15 is 0 Å². The molecule has 0 spiro atoms. The number of carbonyl (C=O) groups is 2. The fraction of sp³-hybridized carbons (Fsp3) is 0.440. The van der Waals surface area contributed by atoms with Gasteiger partial charge in [-0.25, -0.2) is 8.42 Å². The number of ether oxygens (including phenoxy) is 1. The molecule has 34 heavy (non-hydrogen) atoms. The Morgan fingerprint density at radius 2 is 1.68 bits per heavy atom. The van der Waals surface area contributed by atoms with E-state index in [1.165, 1.54) is 4.90 Å². The lowest BCUT2D eigenvalue weighted by Gasteiger charge is -2.24. The number of sulfonamides is 1. The summed E-state index contributed by atoms with van der Waals surface area (Å²) >= 11 is 0. The molecule has 9 heteroatoms. The Balaban J connectivity index is 1.55. The second-order valence-corrected chi connectivity index (χ2v) is 10.7. The van der Waals surface area contributed by atoms with Crippen molar-refractivity contribution in [1.29, 1.82) is 0 Å². The van der Waals surface area contributed by atoms with E-state index < -0.39 is 10.0 Å². The highest BCUT2D eigenvalue weighted by molar-refractivity contribution is 7.89. The first-order chi connectivity index (χ1) is 16.4. The largest absolute Gasteiger partial charge is 0.497 e. The van der Waals surface area contributed by atoms with Crippen molar-refractivity contribution in [2.45, 2.75) is 49.8 Å². The van der Waals surface area contributed by atoms with Gasteiger partial charge in [0.05, 0.1) is 12.0 Å². The van der Waals surface area contributed by atoms with Crippen molar-refractivity contribution in [3.8, 4) is 5.75 Å². The maximum atomic E-state index is 13.3. The third-order valence-electron chi connectivity index (χ3n) is 6.36. The summed E-state index contributed by atoms with van der Waals surface area (Å²) in [5.74, 6) is 0.208. The Hall–Kier alpha value is -2.91. The van der Waals surface area contributed by atoms with Gasteiger partial charge in [-0.1, -0.05) is 12.8 Å². The fourth-order valence-electron chi connectivity index (χ4n) is 4.51. The summed E-state index contributed by atoms with van der Waals surface area (Å²) in [4.78, 5) is 27.3. The second-order valence-electron chi connectivity index (χ2n) is 8.72. The SMILES string of the molecule is COc1ccc(NC(=O)CN2C(=O)CCCc3cc(S(=O)(=O)N4CCCCCC4)ccc32)cc1. The van der Waals surface area contributed by atoms with E-state index in [1.54, 1.807) is 53.9 Å². The maximum absolute atomic E-state index is 13.3. The zero-order chi connectivity index (χ0) is 24.1. The molecule has 0 saturated carbocycles. The van der Waals surface area contributed by atoms with Gasteiger partial charge in [-0.05, 0) is 73.7 Å². The van der Waals surface area contributed by atoms with Gasteiger partial charge in [0.25, 0.3) is 0 Å². The predicted octanol–water partition coefficient (Wildman–Crippen LogP) is 3.57. The number of hydrogen-bond acceptors (Lipinski definition) is 5. The molecule has 0 unspecified atom stereocenters. The summed E-state index contributed by atoms with van der Waals surface area (Å²) in [6, 6.07) is 11.9. The van der Waals surface area contributed by atoms with Crippen LogP contribution in [0.25, 0.3) is 0 Å². The smallest absolute Gasteiger partial charge is 0.244 e. The van der Waals surface area contributed by atoms with Gasteiger partial charge in [-0.2, -0.15) is 4.31 Å². The lowest BCUT2D eigenvalue weighted by Crippen LogP contribution is -2.38. The molecule has 2 aliphatic heterocycles. The van der Waals surface area contributed by atoms with Crippen LogP contribution in [0, 0.1) is 0 Å². The molecule has 2 aliphatic rings. The van der Waals surface area contributed by atoms with Gasteiger partial charge < -0.3 is 15.0 Å². The molecule has 2 amide bonds. The van der Waals surface area contributed by atoms with Crippen molar-refractivity contribution in [2.75, 3.05) is 37.0 Å². The predicted molar refractivity (Wildman–Crippen MR) is 131 cm³/mol. The van der Waals surface area contributed by atoms with Crippen LogP contribution in [0.5, 0.6) is 5.75 Å². The van der Waals surface area contributed by atoms with Gasteiger partial charge in [0.15, 0.2) is 0 Å². The topological polar surface area (TPSA) is 96.0 Å². The van der Waals surface area contributed by atoms with E-state index in [-0.39, 0.29) is 23.3 Å². The first-order valence-electron chi connectivity index (χ1n) is 11.8. The third-order valence-corrected chi connectivity index (χ3v) is 8.25. The lowest BCUT2D eigenvalue weighted by molar-refractivity contribution is -0.121. The minimum atomic E-state index is -3.59. The fourth-order valence-corrected chi connectivity index (χ4v) is 6.08. The van der Waals surface area contributed by atoms with E-state index in [9.17, 15) is 18.0 Å². The average molecular weight is 486 g/mol. The highest BCUT2D eigenvalue weighted by atomic mass is 32.2. The zero-order valence-electron chi connectivity index (χ0n) is 19.5. The van der Waals surface area contributed by atoms with E-state index in [0.29, 0.717) is 49.5 Å². The van der Waals surface area contributed by atoms with Crippen molar-refractivity contribution in [3.05, 3.63) is 48.0 Å². The van der Waals surface area contributed by atoms with E-state index in [0.717, 1.165) is 31.2 Å². The average Bonchev–Trinajstić information content (AvgIpc) is 3.20. The number of anilines is 2. The van der Waals surface area contributed by atoms with Crippen molar-refractivity contribution in [1.82, 2.24) is 4.31 Å². The lowest BCUT2D eigenvalue weighted by atomic mass is 10.1. The molecule has 8 nitrogen and oxygen atoms in total. The van der Waals surface area contributed by atoms with Crippen LogP contribution < -0.4 is 15.0 Å². The molecule has 0 atom stereocenters. The van der Waals surface area contributed by atoms with Gasteiger partial charge in [0.2, 0.25) is 21.8 Å². The number of hydrogen-bond donors (Lipinski definition) is 1. The van der Waals surface area contributed by atoms with Crippen LogP contribution in [0.3, 0.4) is 0 Å². The summed E-state index contributed by atoms with van der Waals surface area (Å²) < 4.78 is 33.2. The summed E-state index contributed by atoms with van der Waals surface area (Å²) in [6.45, 7) is 0.932. The number of nitrogens with zero attached hydrogens (tertiary/aromatic N) is 2. The van der Waals surface area contributed by atoms with Crippen LogP contribution in [-0.4, -0.2) is 51.3 Å². The second kappa shape index (κ2) is 10.6. The molecule has 2 aromatic rings. The Kier molecular flexibility index (Phi) is 7.53. The normalized spacial score (nSPS) is 17.4. The van der Waals surface area contributed by atoms with E-state index in [2.05, 4.69) is 5.32 Å². The molecule has 2 aromatic carbocycles. The van der Waals surface area contributed by atoms with Crippen LogP contribution in [0.15, 0.2) is 47.4 Å². The number of fused-ring (bicyclic) bond motifs is 1. The number of aryl methyl sites for hydroxylation is 1. The number of carbonyl (C=O) groups excluding carboxylic acids is 2. The monoisotopic (exact) mass is 485 g/mol. The molecule has 0 aliphatic carbocycles. The van der Waals surface area contributed by atoms with Gasteiger partial charge in [-0.3, -0.25) is 9.59 Å². The molecule has 1 saturated heterocycles. The maximum Gasteiger partial charge on any atom is 0.244 e. The third kappa shape index (κ3) is 5.42. The first kappa shape index (κ1) is 24.2. The number of rotatable bonds is 6. The molecule has 0 radical (unpaired) electrons. The summed E-state index contributed by atoms with van der Waals surface area (Å²) in [7, 11) is -2.02. The molecule has 0 bridgehead atoms. The van der Waals surface area contributed by atoms with Crippen LogP contribution in [0.4, 0.5) is 11.4 Å². The highest BCUT2D eigenvalue weighted by Gasteiger charge is 2.29. The van der Waals surface area contributed by atoms with Crippen LogP contribution in [0.2, 0.25) is 0 Å². The van der Waals surface area contributed by atoms with Crippen LogP contribution in [-0.2, 0) is 26.0 Å². The number of nitrogens with one attached hydrogen (secondary N) is 1. The van der Waals surface area contributed by atoms with Crippen molar-refractivity contribution >= 4 is 33.2 Å². The molecule has 2 heterocycles. The molecule has 1 fully saturated rings. The van der Waals surface area contributed by atoms with Crippen LogP contribution >= 0.6 is 0 Å². The van der Waals surface area contributed by atoms with E-state index in [1.807, 2.05) is 0 Å². The quantitative estimate of drug-likeness (QED) is 0.675. The summed E-state index contributed by atoms with van der Waals surface area (Å²) in [5, 5.41) is 2.81. The Morgan fingerprint density at radius 3 is 2.35 bits per heavy atom. The molecule has 4 rings (SSSR count). The number of benzene rings is 2.